The lowest BCUT2D eigenvalue weighted by atomic mass is 9.85. The molecule has 0 heterocycles. The van der Waals surface area contributed by atoms with Crippen LogP contribution in [0.3, 0.4) is 0 Å². The topological polar surface area (TPSA) is 39.7 Å². The second-order valence-corrected chi connectivity index (χ2v) is 5.09. The predicted octanol–water partition coefficient (Wildman–Crippen LogP) is 2.24. The van der Waals surface area contributed by atoms with Gasteiger partial charge < -0.3 is 19.5 Å². The van der Waals surface area contributed by atoms with E-state index in [1.54, 1.807) is 7.11 Å². The first kappa shape index (κ1) is 15.3. The number of methoxy groups -OCH3 is 1. The van der Waals surface area contributed by atoms with Crippen molar-refractivity contribution in [3.05, 3.63) is 30.3 Å². The average molecular weight is 279 g/mol. The highest BCUT2D eigenvalue weighted by Gasteiger charge is 2.43. The fraction of sp³-hybridized carbons (Fsp3) is 0.625. The molecule has 0 bridgehead atoms. The number of rotatable bonds is 9. The Morgan fingerprint density at radius 2 is 2.00 bits per heavy atom. The fourth-order valence-electron chi connectivity index (χ4n) is 2.39. The maximum absolute atomic E-state index is 6.00. The second kappa shape index (κ2) is 8.25. The molecule has 0 aliphatic heterocycles. The number of hydrogen-bond donors (Lipinski definition) is 1. The van der Waals surface area contributed by atoms with Gasteiger partial charge in [-0.25, -0.2) is 0 Å². The van der Waals surface area contributed by atoms with E-state index in [0.717, 1.165) is 25.1 Å². The van der Waals surface area contributed by atoms with Gasteiger partial charge >= 0.3 is 0 Å². The summed E-state index contributed by atoms with van der Waals surface area (Å²) in [5.41, 5.74) is 0. The van der Waals surface area contributed by atoms with Gasteiger partial charge in [0.15, 0.2) is 0 Å². The number of nitrogens with one attached hydrogen (secondary N) is 1. The predicted molar refractivity (Wildman–Crippen MR) is 79.2 cm³/mol. The summed E-state index contributed by atoms with van der Waals surface area (Å²) in [6.45, 7) is 4.42. The monoisotopic (exact) mass is 279 g/mol. The zero-order valence-electron chi connectivity index (χ0n) is 12.4. The molecule has 1 fully saturated rings. The van der Waals surface area contributed by atoms with Gasteiger partial charge in [0.1, 0.15) is 18.0 Å². The number of ether oxygens (including phenoxy) is 3. The van der Waals surface area contributed by atoms with Gasteiger partial charge in [-0.1, -0.05) is 25.1 Å². The Labute approximate surface area is 121 Å². The molecule has 0 spiro atoms. The molecular formula is C16H25NO3. The van der Waals surface area contributed by atoms with E-state index < -0.39 is 0 Å². The van der Waals surface area contributed by atoms with Crippen molar-refractivity contribution in [2.45, 2.75) is 38.0 Å². The van der Waals surface area contributed by atoms with Gasteiger partial charge in [0.25, 0.3) is 0 Å². The van der Waals surface area contributed by atoms with Crippen molar-refractivity contribution < 1.29 is 14.2 Å². The van der Waals surface area contributed by atoms with E-state index in [-0.39, 0.29) is 12.2 Å². The third-order valence-corrected chi connectivity index (χ3v) is 3.53. The average Bonchev–Trinajstić information content (AvgIpc) is 2.47. The Kier molecular flexibility index (Phi) is 6.30. The molecule has 1 aliphatic rings. The molecule has 4 nitrogen and oxygen atoms in total. The summed E-state index contributed by atoms with van der Waals surface area (Å²) in [6.07, 6.45) is 2.36. The van der Waals surface area contributed by atoms with Crippen LogP contribution in [0.15, 0.2) is 30.3 Å². The van der Waals surface area contributed by atoms with Crippen LogP contribution in [0.1, 0.15) is 19.8 Å². The quantitative estimate of drug-likeness (QED) is 0.704. The summed E-state index contributed by atoms with van der Waals surface area (Å²) in [5, 5.41) is 3.52. The summed E-state index contributed by atoms with van der Waals surface area (Å²) >= 11 is 0. The summed E-state index contributed by atoms with van der Waals surface area (Å²) < 4.78 is 16.9. The summed E-state index contributed by atoms with van der Waals surface area (Å²) in [5.74, 6) is 0.909. The Balaban J connectivity index is 1.84. The first-order chi connectivity index (χ1) is 9.85. The molecule has 3 unspecified atom stereocenters. The first-order valence-corrected chi connectivity index (χ1v) is 7.40. The van der Waals surface area contributed by atoms with Crippen LogP contribution in [-0.4, -0.2) is 45.1 Å². The van der Waals surface area contributed by atoms with E-state index in [0.29, 0.717) is 19.3 Å². The SMILES string of the molecule is CCCNC1CC(Oc2ccccc2)C1OCCOC. The molecule has 1 aliphatic carbocycles. The molecule has 0 aromatic heterocycles. The fourth-order valence-corrected chi connectivity index (χ4v) is 2.39. The van der Waals surface area contributed by atoms with Gasteiger partial charge in [-0.2, -0.15) is 0 Å². The number of hydrogen-bond acceptors (Lipinski definition) is 4. The molecule has 0 amide bonds. The van der Waals surface area contributed by atoms with Crippen LogP contribution in [0.2, 0.25) is 0 Å². The zero-order valence-corrected chi connectivity index (χ0v) is 12.4. The Morgan fingerprint density at radius 3 is 2.70 bits per heavy atom. The van der Waals surface area contributed by atoms with Gasteiger partial charge in [0.2, 0.25) is 0 Å². The molecule has 112 valence electrons. The molecule has 1 saturated carbocycles. The first-order valence-electron chi connectivity index (χ1n) is 7.40. The van der Waals surface area contributed by atoms with Gasteiger partial charge in [0, 0.05) is 19.6 Å². The lowest BCUT2D eigenvalue weighted by Gasteiger charge is -2.44. The largest absolute Gasteiger partial charge is 0.488 e. The second-order valence-electron chi connectivity index (χ2n) is 5.09. The van der Waals surface area contributed by atoms with E-state index in [1.165, 1.54) is 0 Å². The van der Waals surface area contributed by atoms with Gasteiger partial charge in [-0.05, 0) is 25.1 Å². The summed E-state index contributed by atoms with van der Waals surface area (Å²) in [4.78, 5) is 0. The van der Waals surface area contributed by atoms with Gasteiger partial charge in [-0.3, -0.25) is 0 Å². The van der Waals surface area contributed by atoms with Crippen molar-refractivity contribution in [1.29, 1.82) is 0 Å². The third-order valence-electron chi connectivity index (χ3n) is 3.53. The highest BCUT2D eigenvalue weighted by atomic mass is 16.6. The van der Waals surface area contributed by atoms with Crippen LogP contribution in [0.25, 0.3) is 0 Å². The molecule has 2 rings (SSSR count). The van der Waals surface area contributed by atoms with Crippen molar-refractivity contribution in [3.63, 3.8) is 0 Å². The maximum Gasteiger partial charge on any atom is 0.128 e. The molecule has 3 atom stereocenters. The van der Waals surface area contributed by atoms with E-state index in [1.807, 2.05) is 30.3 Å². The van der Waals surface area contributed by atoms with Crippen molar-refractivity contribution in [2.75, 3.05) is 26.9 Å². The smallest absolute Gasteiger partial charge is 0.128 e. The zero-order chi connectivity index (χ0) is 14.2. The minimum absolute atomic E-state index is 0.108. The number of benzene rings is 1. The normalized spacial score (nSPS) is 25.2. The van der Waals surface area contributed by atoms with Crippen LogP contribution in [-0.2, 0) is 9.47 Å². The number of para-hydroxylation sites is 1. The van der Waals surface area contributed by atoms with Gasteiger partial charge in [0.05, 0.1) is 13.2 Å². The summed E-state index contributed by atoms with van der Waals surface area (Å²) in [6, 6.07) is 10.3. The molecule has 20 heavy (non-hydrogen) atoms. The lowest BCUT2D eigenvalue weighted by Crippen LogP contribution is -2.61. The van der Waals surface area contributed by atoms with E-state index in [4.69, 9.17) is 14.2 Å². The van der Waals surface area contributed by atoms with E-state index in [9.17, 15) is 0 Å². The van der Waals surface area contributed by atoms with Crippen LogP contribution in [0, 0.1) is 0 Å². The molecule has 1 aromatic carbocycles. The van der Waals surface area contributed by atoms with Crippen molar-refractivity contribution in [2.24, 2.45) is 0 Å². The molecule has 0 radical (unpaired) electrons. The molecule has 1 N–H and O–H groups in total. The standard InChI is InChI=1S/C16H25NO3/c1-3-9-17-14-12-15(16(14)19-11-10-18-2)20-13-7-5-4-6-8-13/h4-8,14-17H,3,9-12H2,1-2H3. The van der Waals surface area contributed by atoms with E-state index in [2.05, 4.69) is 12.2 Å². The maximum atomic E-state index is 6.00. The van der Waals surface area contributed by atoms with Crippen LogP contribution in [0.4, 0.5) is 0 Å². The lowest BCUT2D eigenvalue weighted by molar-refractivity contribution is -0.115. The van der Waals surface area contributed by atoms with Gasteiger partial charge in [-0.15, -0.1) is 0 Å². The Hall–Kier alpha value is -1.10. The minimum atomic E-state index is 0.108. The highest BCUT2D eigenvalue weighted by Crippen LogP contribution is 2.29. The Morgan fingerprint density at radius 1 is 1.20 bits per heavy atom. The van der Waals surface area contributed by atoms with Crippen LogP contribution in [0.5, 0.6) is 5.75 Å². The molecule has 4 heteroatoms. The van der Waals surface area contributed by atoms with Crippen molar-refractivity contribution >= 4 is 0 Å². The van der Waals surface area contributed by atoms with Crippen molar-refractivity contribution in [3.8, 4) is 5.75 Å². The van der Waals surface area contributed by atoms with Crippen LogP contribution < -0.4 is 10.1 Å². The molecule has 1 aromatic rings. The highest BCUT2D eigenvalue weighted by molar-refractivity contribution is 5.22. The minimum Gasteiger partial charge on any atom is -0.488 e. The van der Waals surface area contributed by atoms with E-state index >= 15 is 0 Å². The molecule has 0 saturated heterocycles. The third kappa shape index (κ3) is 4.20. The Bertz CT molecular complexity index is 371. The van der Waals surface area contributed by atoms with Crippen LogP contribution >= 0.6 is 0 Å². The molecular weight excluding hydrogens is 254 g/mol. The summed E-state index contributed by atoms with van der Waals surface area (Å²) in [7, 11) is 1.69. The van der Waals surface area contributed by atoms with Crippen molar-refractivity contribution in [1.82, 2.24) is 5.32 Å².